The van der Waals surface area contributed by atoms with Gasteiger partial charge in [-0.05, 0) is 12.1 Å². The van der Waals surface area contributed by atoms with E-state index in [1.54, 1.807) is 18.2 Å². The average molecular weight is 205 g/mol. The van der Waals surface area contributed by atoms with E-state index in [2.05, 4.69) is 4.99 Å². The van der Waals surface area contributed by atoms with Crippen LogP contribution in [0.25, 0.3) is 0 Å². The lowest BCUT2D eigenvalue weighted by molar-refractivity contribution is 0.142. The summed E-state index contributed by atoms with van der Waals surface area (Å²) in [4.78, 5) is 13.8. The summed E-state index contributed by atoms with van der Waals surface area (Å²) in [6.45, 7) is 1.32. The van der Waals surface area contributed by atoms with Crippen molar-refractivity contribution in [1.29, 1.82) is 0 Å². The number of hydrogen-bond acceptors (Lipinski definition) is 4. The second-order valence-corrected chi connectivity index (χ2v) is 3.27. The molecule has 0 spiro atoms. The first-order valence-electron chi connectivity index (χ1n) is 4.81. The van der Waals surface area contributed by atoms with E-state index in [-0.39, 0.29) is 6.10 Å². The monoisotopic (exact) mass is 205 g/mol. The van der Waals surface area contributed by atoms with Crippen LogP contribution >= 0.6 is 0 Å². The topological polar surface area (TPSA) is 47.9 Å². The first-order chi connectivity index (χ1) is 7.40. The van der Waals surface area contributed by atoms with Crippen molar-refractivity contribution in [2.45, 2.75) is 12.5 Å². The third-order valence-electron chi connectivity index (χ3n) is 2.21. The van der Waals surface area contributed by atoms with Crippen LogP contribution in [0.5, 0.6) is 5.75 Å². The van der Waals surface area contributed by atoms with Gasteiger partial charge < -0.3 is 9.47 Å². The van der Waals surface area contributed by atoms with Crippen molar-refractivity contribution in [3.63, 3.8) is 0 Å². The zero-order valence-corrected chi connectivity index (χ0v) is 8.18. The molecule has 15 heavy (non-hydrogen) atoms. The first kappa shape index (κ1) is 9.90. The van der Waals surface area contributed by atoms with Gasteiger partial charge in [0.15, 0.2) is 0 Å². The van der Waals surface area contributed by atoms with E-state index >= 15 is 0 Å². The maximum atomic E-state index is 10.2. The van der Waals surface area contributed by atoms with Crippen molar-refractivity contribution >= 4 is 11.8 Å². The third kappa shape index (κ3) is 2.43. The molecule has 1 unspecified atom stereocenters. The summed E-state index contributed by atoms with van der Waals surface area (Å²) in [7, 11) is 0. The largest absolute Gasteiger partial charge is 0.486 e. The van der Waals surface area contributed by atoms with Crippen LogP contribution in [0.4, 0.5) is 5.69 Å². The Bertz CT molecular complexity index is 379. The van der Waals surface area contributed by atoms with Gasteiger partial charge in [-0.2, -0.15) is 4.99 Å². The molecule has 1 atom stereocenters. The molecule has 1 aliphatic rings. The average Bonchev–Trinajstić information content (AvgIpc) is 2.74. The zero-order chi connectivity index (χ0) is 10.5. The number of nitrogens with zero attached hydrogens (tertiary/aromatic N) is 1. The van der Waals surface area contributed by atoms with Crippen molar-refractivity contribution in [2.75, 3.05) is 13.2 Å². The fraction of sp³-hybridized carbons (Fsp3) is 0.364. The number of hydrogen-bond donors (Lipinski definition) is 0. The molecular formula is C11H11NO3. The number of para-hydroxylation sites is 2. The van der Waals surface area contributed by atoms with E-state index < -0.39 is 0 Å². The van der Waals surface area contributed by atoms with Crippen LogP contribution in [0, 0.1) is 0 Å². The number of isocyanates is 1. The van der Waals surface area contributed by atoms with Crippen molar-refractivity contribution in [2.24, 2.45) is 4.99 Å². The summed E-state index contributed by atoms with van der Waals surface area (Å²) in [5.41, 5.74) is 0.513. The molecule has 1 saturated heterocycles. The van der Waals surface area contributed by atoms with Crippen molar-refractivity contribution in [1.82, 2.24) is 0 Å². The van der Waals surface area contributed by atoms with Gasteiger partial charge in [0.25, 0.3) is 0 Å². The molecule has 0 radical (unpaired) electrons. The first-order valence-corrected chi connectivity index (χ1v) is 4.81. The van der Waals surface area contributed by atoms with Crippen LogP contribution in [0.15, 0.2) is 29.3 Å². The van der Waals surface area contributed by atoms with Gasteiger partial charge in [0, 0.05) is 6.42 Å². The summed E-state index contributed by atoms with van der Waals surface area (Å²) in [6.07, 6.45) is 2.45. The van der Waals surface area contributed by atoms with E-state index in [4.69, 9.17) is 9.47 Å². The number of aliphatic imine (C=N–C) groups is 1. The van der Waals surface area contributed by atoms with Crippen molar-refractivity contribution in [3.8, 4) is 5.75 Å². The molecule has 2 rings (SSSR count). The fourth-order valence-corrected chi connectivity index (χ4v) is 1.48. The van der Waals surface area contributed by atoms with Gasteiger partial charge in [-0.1, -0.05) is 12.1 Å². The lowest BCUT2D eigenvalue weighted by Gasteiger charge is -2.12. The zero-order valence-electron chi connectivity index (χ0n) is 8.18. The molecule has 0 bridgehead atoms. The number of rotatable bonds is 3. The Balaban J connectivity index is 2.15. The lowest BCUT2D eigenvalue weighted by Crippen LogP contribution is -2.15. The van der Waals surface area contributed by atoms with Gasteiger partial charge in [-0.3, -0.25) is 0 Å². The van der Waals surface area contributed by atoms with Crippen molar-refractivity contribution < 1.29 is 14.3 Å². The molecule has 1 aromatic rings. The summed E-state index contributed by atoms with van der Waals surface area (Å²) < 4.78 is 10.9. The Labute approximate surface area is 87.5 Å². The highest BCUT2D eigenvalue weighted by Gasteiger charge is 2.18. The molecule has 4 heteroatoms. The predicted octanol–water partition coefficient (Wildman–Crippen LogP) is 1.82. The minimum Gasteiger partial charge on any atom is -0.486 e. The second-order valence-electron chi connectivity index (χ2n) is 3.27. The summed E-state index contributed by atoms with van der Waals surface area (Å²) >= 11 is 0. The van der Waals surface area contributed by atoms with Gasteiger partial charge in [0.1, 0.15) is 17.5 Å². The quantitative estimate of drug-likeness (QED) is 0.558. The van der Waals surface area contributed by atoms with Gasteiger partial charge in [-0.25, -0.2) is 4.79 Å². The minimum absolute atomic E-state index is 0.0630. The van der Waals surface area contributed by atoms with Crippen molar-refractivity contribution in [3.05, 3.63) is 24.3 Å². The highest BCUT2D eigenvalue weighted by atomic mass is 16.5. The molecule has 0 aliphatic carbocycles. The van der Waals surface area contributed by atoms with E-state index in [1.165, 1.54) is 6.08 Å². The summed E-state index contributed by atoms with van der Waals surface area (Å²) in [6, 6.07) is 7.15. The Morgan fingerprint density at radius 1 is 1.47 bits per heavy atom. The number of ether oxygens (including phenoxy) is 2. The van der Waals surface area contributed by atoms with Crippen LogP contribution in [0.2, 0.25) is 0 Å². The molecule has 4 nitrogen and oxygen atoms in total. The van der Waals surface area contributed by atoms with Crippen LogP contribution in [0.3, 0.4) is 0 Å². The van der Waals surface area contributed by atoms with Crippen LogP contribution in [-0.4, -0.2) is 25.4 Å². The Morgan fingerprint density at radius 2 is 2.33 bits per heavy atom. The summed E-state index contributed by atoms with van der Waals surface area (Å²) in [5.74, 6) is 0.608. The normalized spacial score (nSPS) is 19.6. The Hall–Kier alpha value is -1.64. The standard InChI is InChI=1S/C11H11NO3/c13-8-12-10-3-1-2-4-11(10)15-9-5-6-14-7-9/h1-4,9H,5-7H2. The van der Waals surface area contributed by atoms with E-state index in [1.807, 2.05) is 6.07 Å². The van der Waals surface area contributed by atoms with Crippen LogP contribution in [-0.2, 0) is 9.53 Å². The molecule has 0 saturated carbocycles. The number of carbonyl (C=O) groups excluding carboxylic acids is 1. The number of benzene rings is 1. The maximum Gasteiger partial charge on any atom is 0.240 e. The third-order valence-corrected chi connectivity index (χ3v) is 2.21. The molecule has 1 aliphatic heterocycles. The van der Waals surface area contributed by atoms with Crippen LogP contribution < -0.4 is 4.74 Å². The van der Waals surface area contributed by atoms with Crippen LogP contribution in [0.1, 0.15) is 6.42 Å². The molecule has 0 amide bonds. The van der Waals surface area contributed by atoms with E-state index in [9.17, 15) is 4.79 Å². The highest BCUT2D eigenvalue weighted by molar-refractivity contribution is 5.57. The van der Waals surface area contributed by atoms with Gasteiger partial charge >= 0.3 is 0 Å². The minimum atomic E-state index is 0.0630. The highest BCUT2D eigenvalue weighted by Crippen LogP contribution is 2.28. The Kier molecular flexibility index (Phi) is 3.12. The van der Waals surface area contributed by atoms with Gasteiger partial charge in [0.05, 0.1) is 13.2 Å². The summed E-state index contributed by atoms with van der Waals surface area (Å²) in [5, 5.41) is 0. The maximum absolute atomic E-state index is 10.2. The van der Waals surface area contributed by atoms with E-state index in [0.717, 1.165) is 13.0 Å². The van der Waals surface area contributed by atoms with Gasteiger partial charge in [0.2, 0.25) is 6.08 Å². The molecule has 0 N–H and O–H groups in total. The molecule has 0 aromatic heterocycles. The fourth-order valence-electron chi connectivity index (χ4n) is 1.48. The second kappa shape index (κ2) is 4.73. The lowest BCUT2D eigenvalue weighted by atomic mass is 10.2. The van der Waals surface area contributed by atoms with E-state index in [0.29, 0.717) is 18.0 Å². The molecule has 1 heterocycles. The molecule has 78 valence electrons. The SMILES string of the molecule is O=C=Nc1ccccc1OC1CCOC1. The molecular weight excluding hydrogens is 194 g/mol. The predicted molar refractivity (Wildman–Crippen MR) is 54.1 cm³/mol. The van der Waals surface area contributed by atoms with Gasteiger partial charge in [-0.15, -0.1) is 0 Å². The molecule has 1 aromatic carbocycles. The molecule has 1 fully saturated rings. The smallest absolute Gasteiger partial charge is 0.240 e. The Morgan fingerprint density at radius 3 is 3.07 bits per heavy atom.